The van der Waals surface area contributed by atoms with Gasteiger partial charge in [-0.25, -0.2) is 8.42 Å². The molecule has 0 radical (unpaired) electrons. The monoisotopic (exact) mass is 599 g/mol. The normalized spacial score (nSPS) is 12.0. The molecule has 1 atom stereocenters. The summed E-state index contributed by atoms with van der Waals surface area (Å²) in [5.74, 6) is -0.740. The number of benzene rings is 3. The lowest BCUT2D eigenvalue weighted by Gasteiger charge is -2.33. The third kappa shape index (κ3) is 7.23. The second-order valence-corrected chi connectivity index (χ2v) is 11.9. The fourth-order valence-electron chi connectivity index (χ4n) is 4.19. The molecule has 0 heterocycles. The molecule has 0 bridgehead atoms. The highest BCUT2D eigenvalue weighted by molar-refractivity contribution is 9.10. The molecule has 0 unspecified atom stereocenters. The number of aryl methyl sites for hydroxylation is 2. The van der Waals surface area contributed by atoms with Gasteiger partial charge in [0, 0.05) is 17.6 Å². The summed E-state index contributed by atoms with van der Waals surface area (Å²) in [6.45, 7) is 7.64. The van der Waals surface area contributed by atoms with Gasteiger partial charge in [-0.15, -0.1) is 0 Å². The molecule has 2 amide bonds. The van der Waals surface area contributed by atoms with Gasteiger partial charge < -0.3 is 10.2 Å². The molecule has 9 heteroatoms. The van der Waals surface area contributed by atoms with Crippen molar-refractivity contribution in [3.05, 3.63) is 94.0 Å². The van der Waals surface area contributed by atoms with Crippen molar-refractivity contribution in [3.8, 4) is 0 Å². The van der Waals surface area contributed by atoms with Gasteiger partial charge in [0.05, 0.1) is 10.6 Å². The summed E-state index contributed by atoms with van der Waals surface area (Å²) >= 11 is 3.39. The van der Waals surface area contributed by atoms with E-state index in [9.17, 15) is 18.0 Å². The smallest absolute Gasteiger partial charge is 0.264 e. The lowest BCUT2D eigenvalue weighted by Crippen LogP contribution is -2.52. The van der Waals surface area contributed by atoms with Crippen LogP contribution in [-0.2, 0) is 26.2 Å². The molecule has 0 saturated carbocycles. The van der Waals surface area contributed by atoms with Crippen molar-refractivity contribution in [1.82, 2.24) is 10.2 Å². The fraction of sp³-hybridized carbons (Fsp3) is 0.310. The van der Waals surface area contributed by atoms with Crippen LogP contribution in [0.3, 0.4) is 0 Å². The number of halogens is 1. The molecule has 0 spiro atoms. The van der Waals surface area contributed by atoms with E-state index >= 15 is 0 Å². The van der Waals surface area contributed by atoms with E-state index in [-0.39, 0.29) is 17.3 Å². The first-order chi connectivity index (χ1) is 18.1. The van der Waals surface area contributed by atoms with Crippen LogP contribution in [0.4, 0.5) is 5.69 Å². The van der Waals surface area contributed by atoms with Crippen molar-refractivity contribution in [1.29, 1.82) is 0 Å². The highest BCUT2D eigenvalue weighted by Crippen LogP contribution is 2.26. The molecule has 202 valence electrons. The Kier molecular flexibility index (Phi) is 10.1. The number of amides is 2. The number of nitrogens with one attached hydrogen (secondary N) is 1. The van der Waals surface area contributed by atoms with E-state index in [0.29, 0.717) is 18.7 Å². The van der Waals surface area contributed by atoms with Gasteiger partial charge in [-0.2, -0.15) is 0 Å². The average molecular weight is 601 g/mol. The maximum absolute atomic E-state index is 14.0. The molecule has 3 aromatic carbocycles. The molecule has 0 aliphatic heterocycles. The summed E-state index contributed by atoms with van der Waals surface area (Å²) in [5.41, 5.74) is 3.16. The van der Waals surface area contributed by atoms with Crippen molar-refractivity contribution in [2.45, 2.75) is 51.6 Å². The Morgan fingerprint density at radius 2 is 1.58 bits per heavy atom. The third-order valence-electron chi connectivity index (χ3n) is 6.17. The minimum absolute atomic E-state index is 0.0832. The summed E-state index contributed by atoms with van der Waals surface area (Å²) in [7, 11) is -4.08. The Labute approximate surface area is 234 Å². The molecule has 1 N–H and O–H groups in total. The van der Waals surface area contributed by atoms with E-state index in [2.05, 4.69) is 21.2 Å². The zero-order valence-electron chi connectivity index (χ0n) is 22.1. The van der Waals surface area contributed by atoms with Crippen molar-refractivity contribution in [2.75, 3.05) is 17.4 Å². The Balaban J connectivity index is 2.05. The van der Waals surface area contributed by atoms with Gasteiger partial charge in [0.25, 0.3) is 10.0 Å². The number of hydrogen-bond donors (Lipinski definition) is 1. The van der Waals surface area contributed by atoms with Crippen molar-refractivity contribution < 1.29 is 18.0 Å². The zero-order valence-corrected chi connectivity index (χ0v) is 24.6. The summed E-state index contributed by atoms with van der Waals surface area (Å²) in [6.07, 6.45) is 0.381. The molecule has 3 aromatic rings. The van der Waals surface area contributed by atoms with Crippen LogP contribution in [0.2, 0.25) is 0 Å². The number of anilines is 1. The topological polar surface area (TPSA) is 86.8 Å². The van der Waals surface area contributed by atoms with E-state index in [1.165, 1.54) is 17.0 Å². The summed E-state index contributed by atoms with van der Waals surface area (Å²) in [5, 5.41) is 2.81. The van der Waals surface area contributed by atoms with Gasteiger partial charge in [-0.1, -0.05) is 70.4 Å². The first kappa shape index (κ1) is 29.4. The molecule has 0 saturated heterocycles. The number of nitrogens with zero attached hydrogens (tertiary/aromatic N) is 2. The lowest BCUT2D eigenvalue weighted by molar-refractivity contribution is -0.140. The van der Waals surface area contributed by atoms with E-state index in [0.717, 1.165) is 25.5 Å². The number of likely N-dealkylation sites (N-methyl/N-ethyl adjacent to an activating group) is 1. The molecule has 38 heavy (non-hydrogen) atoms. The van der Waals surface area contributed by atoms with Crippen LogP contribution in [0.25, 0.3) is 0 Å². The van der Waals surface area contributed by atoms with E-state index < -0.39 is 28.5 Å². The Bertz CT molecular complexity index is 1360. The van der Waals surface area contributed by atoms with Crippen LogP contribution >= 0.6 is 15.9 Å². The fourth-order valence-corrected chi connectivity index (χ4v) is 5.87. The highest BCUT2D eigenvalue weighted by atomic mass is 79.9. The molecule has 3 rings (SSSR count). The molecule has 7 nitrogen and oxygen atoms in total. The average Bonchev–Trinajstić information content (AvgIpc) is 2.88. The predicted molar refractivity (Wildman–Crippen MR) is 154 cm³/mol. The number of hydrogen-bond acceptors (Lipinski definition) is 4. The van der Waals surface area contributed by atoms with Crippen LogP contribution in [0, 0.1) is 13.8 Å². The van der Waals surface area contributed by atoms with Crippen LogP contribution in [0.15, 0.2) is 82.2 Å². The van der Waals surface area contributed by atoms with Gasteiger partial charge >= 0.3 is 0 Å². The Morgan fingerprint density at radius 1 is 0.921 bits per heavy atom. The Hall–Kier alpha value is -3.17. The van der Waals surface area contributed by atoms with Crippen LogP contribution in [-0.4, -0.2) is 44.3 Å². The van der Waals surface area contributed by atoms with E-state index in [1.807, 2.05) is 52.0 Å². The van der Waals surface area contributed by atoms with Crippen molar-refractivity contribution in [2.24, 2.45) is 0 Å². The summed E-state index contributed by atoms with van der Waals surface area (Å²) < 4.78 is 29.6. The predicted octanol–water partition coefficient (Wildman–Crippen LogP) is 5.20. The van der Waals surface area contributed by atoms with Crippen LogP contribution in [0.5, 0.6) is 0 Å². The molecule has 0 aromatic heterocycles. The maximum Gasteiger partial charge on any atom is 0.264 e. The summed E-state index contributed by atoms with van der Waals surface area (Å²) in [6, 6.07) is 20.2. The van der Waals surface area contributed by atoms with Crippen molar-refractivity contribution >= 4 is 43.5 Å². The van der Waals surface area contributed by atoms with Crippen LogP contribution < -0.4 is 9.62 Å². The highest BCUT2D eigenvalue weighted by Gasteiger charge is 2.33. The number of carbonyl (C=O) groups excluding carboxylic acids is 2. The van der Waals surface area contributed by atoms with Crippen molar-refractivity contribution in [3.63, 3.8) is 0 Å². The molecular formula is C29H34BrN3O4S. The lowest BCUT2D eigenvalue weighted by atomic mass is 10.1. The third-order valence-corrected chi connectivity index (χ3v) is 8.49. The minimum Gasteiger partial charge on any atom is -0.355 e. The Morgan fingerprint density at radius 3 is 2.16 bits per heavy atom. The maximum atomic E-state index is 14.0. The van der Waals surface area contributed by atoms with Gasteiger partial charge in [-0.3, -0.25) is 13.9 Å². The first-order valence-electron chi connectivity index (χ1n) is 12.5. The van der Waals surface area contributed by atoms with E-state index in [4.69, 9.17) is 0 Å². The number of rotatable bonds is 11. The molecule has 0 aliphatic carbocycles. The zero-order chi connectivity index (χ0) is 27.9. The summed E-state index contributed by atoms with van der Waals surface area (Å²) in [4.78, 5) is 28.5. The van der Waals surface area contributed by atoms with Crippen LogP contribution in [0.1, 0.15) is 37.0 Å². The number of sulfonamides is 1. The largest absolute Gasteiger partial charge is 0.355 e. The molecular weight excluding hydrogens is 566 g/mol. The second kappa shape index (κ2) is 13.1. The van der Waals surface area contributed by atoms with Gasteiger partial charge in [0.2, 0.25) is 11.8 Å². The van der Waals surface area contributed by atoms with Gasteiger partial charge in [0.1, 0.15) is 12.6 Å². The molecule has 0 fully saturated rings. The van der Waals surface area contributed by atoms with Gasteiger partial charge in [0.15, 0.2) is 0 Å². The van der Waals surface area contributed by atoms with Gasteiger partial charge in [-0.05, 0) is 69.2 Å². The standard InChI is InChI=1S/C29H34BrN3O4S/c1-5-27(29(35)31-6-2)32(19-23-9-7-8-22(4)18-23)28(34)20-33(25-14-12-24(30)13-15-25)38(36,37)26-16-10-21(3)11-17-26/h7-18,27H,5-6,19-20H2,1-4H3,(H,31,35)/t27-/m1/s1. The molecule has 0 aliphatic rings. The number of carbonyl (C=O) groups is 2. The quantitative estimate of drug-likeness (QED) is 0.328. The first-order valence-corrected chi connectivity index (χ1v) is 14.8. The SMILES string of the molecule is CCNC(=O)[C@@H](CC)N(Cc1cccc(C)c1)C(=O)CN(c1ccc(Br)cc1)S(=O)(=O)c1ccc(C)cc1. The van der Waals surface area contributed by atoms with E-state index in [1.54, 1.807) is 36.4 Å². The minimum atomic E-state index is -4.08. The second-order valence-electron chi connectivity index (χ2n) is 9.13.